The van der Waals surface area contributed by atoms with Gasteiger partial charge in [0.15, 0.2) is 0 Å². The Kier molecular flexibility index (Phi) is 4.48. The number of thiophene rings is 1. The molecule has 2 heterocycles. The maximum absolute atomic E-state index is 12.4. The van der Waals surface area contributed by atoms with Crippen molar-refractivity contribution < 1.29 is 8.42 Å². The molecule has 0 aromatic carbocycles. The van der Waals surface area contributed by atoms with Gasteiger partial charge in [-0.3, -0.25) is 0 Å². The smallest absolute Gasteiger partial charge is 0.244 e. The molecule has 0 radical (unpaired) electrons. The number of hydrogen-bond acceptors (Lipinski definition) is 5. The third-order valence-corrected chi connectivity index (χ3v) is 6.79. The standard InChI is InChI=1S/C10H16N2O2S3/c11-8-9-10(2-6-16-9)17(13,14)12-3-1-5-15-7-4-12/h2,6H,1,3-5,7-8,11H2. The van der Waals surface area contributed by atoms with Crippen LogP contribution in [0.25, 0.3) is 0 Å². The van der Waals surface area contributed by atoms with Gasteiger partial charge in [-0.15, -0.1) is 11.3 Å². The highest BCUT2D eigenvalue weighted by molar-refractivity contribution is 7.99. The second-order valence-electron chi connectivity index (χ2n) is 3.78. The molecule has 96 valence electrons. The average Bonchev–Trinajstić information content (AvgIpc) is 2.63. The zero-order valence-electron chi connectivity index (χ0n) is 9.46. The summed E-state index contributed by atoms with van der Waals surface area (Å²) in [7, 11) is -3.33. The van der Waals surface area contributed by atoms with E-state index in [9.17, 15) is 8.42 Å². The SMILES string of the molecule is NCc1sccc1S(=O)(=O)N1CCCSCC1. The van der Waals surface area contributed by atoms with E-state index < -0.39 is 10.0 Å². The molecule has 1 aromatic heterocycles. The van der Waals surface area contributed by atoms with E-state index in [0.717, 1.165) is 22.8 Å². The molecule has 7 heteroatoms. The molecule has 0 amide bonds. The van der Waals surface area contributed by atoms with Crippen LogP contribution < -0.4 is 5.73 Å². The minimum absolute atomic E-state index is 0.287. The predicted octanol–water partition coefficient (Wildman–Crippen LogP) is 1.33. The Balaban J connectivity index is 2.28. The monoisotopic (exact) mass is 292 g/mol. The van der Waals surface area contributed by atoms with E-state index in [1.807, 2.05) is 11.8 Å². The van der Waals surface area contributed by atoms with Gasteiger partial charge in [-0.25, -0.2) is 8.42 Å². The largest absolute Gasteiger partial charge is 0.326 e. The number of hydrogen-bond donors (Lipinski definition) is 1. The van der Waals surface area contributed by atoms with Gasteiger partial charge in [0.25, 0.3) is 0 Å². The maximum atomic E-state index is 12.4. The highest BCUT2D eigenvalue weighted by Gasteiger charge is 2.27. The number of nitrogens with zero attached hydrogens (tertiary/aromatic N) is 1. The van der Waals surface area contributed by atoms with Crippen LogP contribution in [0.15, 0.2) is 16.3 Å². The Labute approximate surface area is 110 Å². The molecule has 1 fully saturated rings. The van der Waals surface area contributed by atoms with Crippen molar-refractivity contribution in [2.24, 2.45) is 5.73 Å². The van der Waals surface area contributed by atoms with E-state index in [1.54, 1.807) is 15.8 Å². The van der Waals surface area contributed by atoms with Crippen molar-refractivity contribution in [1.29, 1.82) is 0 Å². The average molecular weight is 292 g/mol. The lowest BCUT2D eigenvalue weighted by atomic mass is 10.5. The van der Waals surface area contributed by atoms with Crippen LogP contribution >= 0.6 is 23.1 Å². The summed E-state index contributed by atoms with van der Waals surface area (Å²) in [5.41, 5.74) is 5.58. The van der Waals surface area contributed by atoms with Crippen LogP contribution in [0.4, 0.5) is 0 Å². The summed E-state index contributed by atoms with van der Waals surface area (Å²) in [6.45, 7) is 1.51. The van der Waals surface area contributed by atoms with Crippen molar-refractivity contribution in [1.82, 2.24) is 4.31 Å². The number of rotatable bonds is 3. The first kappa shape index (κ1) is 13.4. The lowest BCUT2D eigenvalue weighted by Gasteiger charge is -2.19. The Bertz CT molecular complexity index is 462. The summed E-state index contributed by atoms with van der Waals surface area (Å²) in [6, 6.07) is 1.67. The van der Waals surface area contributed by atoms with Crippen LogP contribution in [0.1, 0.15) is 11.3 Å². The number of thioether (sulfide) groups is 1. The molecule has 1 saturated heterocycles. The summed E-state index contributed by atoms with van der Waals surface area (Å²) < 4.78 is 26.5. The molecule has 1 aliphatic rings. The van der Waals surface area contributed by atoms with Gasteiger partial charge in [0.2, 0.25) is 10.0 Å². The van der Waals surface area contributed by atoms with Crippen molar-refractivity contribution in [2.75, 3.05) is 24.6 Å². The van der Waals surface area contributed by atoms with E-state index in [-0.39, 0.29) is 6.54 Å². The first-order chi connectivity index (χ1) is 8.16. The van der Waals surface area contributed by atoms with Gasteiger partial charge in [-0.05, 0) is 23.6 Å². The molecule has 2 N–H and O–H groups in total. The summed E-state index contributed by atoms with van der Waals surface area (Å²) in [5.74, 6) is 1.92. The molecular weight excluding hydrogens is 276 g/mol. The molecule has 1 aromatic rings. The fraction of sp³-hybridized carbons (Fsp3) is 0.600. The predicted molar refractivity (Wildman–Crippen MR) is 72.9 cm³/mol. The molecule has 0 bridgehead atoms. The lowest BCUT2D eigenvalue weighted by molar-refractivity contribution is 0.434. The summed E-state index contributed by atoms with van der Waals surface area (Å²) in [4.78, 5) is 1.15. The Morgan fingerprint density at radius 1 is 1.35 bits per heavy atom. The van der Waals surface area contributed by atoms with Crippen molar-refractivity contribution in [2.45, 2.75) is 17.9 Å². The Hall–Kier alpha value is -0.0800. The summed E-state index contributed by atoms with van der Waals surface area (Å²) in [5, 5.41) is 1.79. The zero-order valence-corrected chi connectivity index (χ0v) is 11.9. The Morgan fingerprint density at radius 2 is 2.18 bits per heavy atom. The lowest BCUT2D eigenvalue weighted by Crippen LogP contribution is -2.33. The van der Waals surface area contributed by atoms with Crippen LogP contribution in [0.2, 0.25) is 0 Å². The molecule has 0 atom stereocenters. The second kappa shape index (κ2) is 5.71. The number of sulfonamides is 1. The van der Waals surface area contributed by atoms with Crippen molar-refractivity contribution in [3.05, 3.63) is 16.3 Å². The minimum atomic E-state index is -3.33. The zero-order chi connectivity index (χ0) is 12.3. The summed E-state index contributed by atoms with van der Waals surface area (Å²) >= 11 is 3.22. The molecule has 1 aliphatic heterocycles. The van der Waals surface area contributed by atoms with Gasteiger partial charge in [-0.1, -0.05) is 0 Å². The quantitative estimate of drug-likeness (QED) is 0.913. The highest BCUT2D eigenvalue weighted by Crippen LogP contribution is 2.26. The fourth-order valence-electron chi connectivity index (χ4n) is 1.81. The van der Waals surface area contributed by atoms with Crippen LogP contribution in [-0.2, 0) is 16.6 Å². The van der Waals surface area contributed by atoms with Gasteiger partial charge in [0.1, 0.15) is 0 Å². The van der Waals surface area contributed by atoms with Gasteiger partial charge in [-0.2, -0.15) is 16.1 Å². The third kappa shape index (κ3) is 2.85. The topological polar surface area (TPSA) is 63.4 Å². The molecule has 2 rings (SSSR count). The molecule has 0 spiro atoms. The summed E-state index contributed by atoms with van der Waals surface area (Å²) in [6.07, 6.45) is 0.923. The minimum Gasteiger partial charge on any atom is -0.326 e. The van der Waals surface area contributed by atoms with Crippen LogP contribution in [0, 0.1) is 0 Å². The Morgan fingerprint density at radius 3 is 2.94 bits per heavy atom. The first-order valence-electron chi connectivity index (χ1n) is 5.50. The van der Waals surface area contributed by atoms with Gasteiger partial charge >= 0.3 is 0 Å². The van der Waals surface area contributed by atoms with Gasteiger partial charge in [0, 0.05) is 30.3 Å². The molecule has 0 aliphatic carbocycles. The van der Waals surface area contributed by atoms with Gasteiger partial charge < -0.3 is 5.73 Å². The van der Waals surface area contributed by atoms with Crippen LogP contribution in [-0.4, -0.2) is 37.3 Å². The van der Waals surface area contributed by atoms with Crippen LogP contribution in [0.3, 0.4) is 0 Å². The van der Waals surface area contributed by atoms with E-state index in [2.05, 4.69) is 0 Å². The van der Waals surface area contributed by atoms with E-state index in [0.29, 0.717) is 18.0 Å². The van der Waals surface area contributed by atoms with Crippen molar-refractivity contribution in [3.63, 3.8) is 0 Å². The maximum Gasteiger partial charge on any atom is 0.244 e. The number of nitrogens with two attached hydrogens (primary N) is 1. The van der Waals surface area contributed by atoms with E-state index in [1.165, 1.54) is 11.3 Å². The fourth-order valence-corrected chi connectivity index (χ4v) is 5.60. The first-order valence-corrected chi connectivity index (χ1v) is 8.98. The molecule has 17 heavy (non-hydrogen) atoms. The normalized spacial score (nSPS) is 19.1. The van der Waals surface area contributed by atoms with Gasteiger partial charge in [0.05, 0.1) is 4.90 Å². The van der Waals surface area contributed by atoms with Crippen LogP contribution in [0.5, 0.6) is 0 Å². The molecule has 0 saturated carbocycles. The molecular formula is C10H16N2O2S3. The second-order valence-corrected chi connectivity index (χ2v) is 7.91. The van der Waals surface area contributed by atoms with E-state index >= 15 is 0 Å². The third-order valence-electron chi connectivity index (χ3n) is 2.69. The highest BCUT2D eigenvalue weighted by atomic mass is 32.2. The van der Waals surface area contributed by atoms with Crippen molar-refractivity contribution >= 4 is 33.1 Å². The van der Waals surface area contributed by atoms with E-state index in [4.69, 9.17) is 5.73 Å². The van der Waals surface area contributed by atoms with Crippen molar-refractivity contribution in [3.8, 4) is 0 Å². The molecule has 4 nitrogen and oxygen atoms in total. The molecule has 0 unspecified atom stereocenters.